The van der Waals surface area contributed by atoms with E-state index in [9.17, 15) is 18.8 Å². The maximum atomic E-state index is 12.9. The topological polar surface area (TPSA) is 69.7 Å². The Balaban J connectivity index is 1.73. The molecule has 0 aliphatic carbocycles. The molecular formula is C22H23FO5. The first kappa shape index (κ1) is 21.3. The number of ether oxygens (including phenoxy) is 2. The molecule has 0 amide bonds. The van der Waals surface area contributed by atoms with Gasteiger partial charge in [-0.05, 0) is 35.2 Å². The summed E-state index contributed by atoms with van der Waals surface area (Å²) in [5, 5.41) is 0. The molecule has 148 valence electrons. The third kappa shape index (κ3) is 7.70. The van der Waals surface area contributed by atoms with E-state index in [0.717, 1.165) is 16.7 Å². The number of hydrogen-bond donors (Lipinski definition) is 0. The van der Waals surface area contributed by atoms with Crippen molar-refractivity contribution in [3.8, 4) is 0 Å². The highest BCUT2D eigenvalue weighted by Gasteiger charge is 2.08. The number of ketones is 1. The summed E-state index contributed by atoms with van der Waals surface area (Å²) in [6.07, 6.45) is 1.27. The van der Waals surface area contributed by atoms with Crippen LogP contribution >= 0.6 is 0 Å². The smallest absolute Gasteiger partial charge is 0.306 e. The molecule has 0 bridgehead atoms. The number of hydrogen-bond acceptors (Lipinski definition) is 5. The monoisotopic (exact) mass is 386 g/mol. The second kappa shape index (κ2) is 11.0. The van der Waals surface area contributed by atoms with Crippen LogP contribution in [0.3, 0.4) is 0 Å². The van der Waals surface area contributed by atoms with Crippen molar-refractivity contribution in [3.63, 3.8) is 0 Å². The average molecular weight is 386 g/mol. The lowest BCUT2D eigenvalue weighted by Crippen LogP contribution is -2.08. The van der Waals surface area contributed by atoms with E-state index >= 15 is 0 Å². The van der Waals surface area contributed by atoms with Gasteiger partial charge in [0.25, 0.3) is 0 Å². The van der Waals surface area contributed by atoms with Crippen molar-refractivity contribution in [1.82, 2.24) is 0 Å². The van der Waals surface area contributed by atoms with Crippen LogP contribution in [0.15, 0.2) is 48.5 Å². The maximum Gasteiger partial charge on any atom is 0.306 e. The fraction of sp³-hybridized carbons (Fsp3) is 0.318. The van der Waals surface area contributed by atoms with Crippen molar-refractivity contribution >= 4 is 17.7 Å². The van der Waals surface area contributed by atoms with E-state index in [4.69, 9.17) is 4.74 Å². The fourth-order valence-electron chi connectivity index (χ4n) is 2.59. The van der Waals surface area contributed by atoms with Crippen LogP contribution in [0.1, 0.15) is 36.0 Å². The van der Waals surface area contributed by atoms with Crippen molar-refractivity contribution in [3.05, 3.63) is 71.0 Å². The van der Waals surface area contributed by atoms with Crippen molar-refractivity contribution in [2.45, 2.75) is 38.7 Å². The van der Waals surface area contributed by atoms with Gasteiger partial charge in [0.2, 0.25) is 0 Å². The van der Waals surface area contributed by atoms with E-state index in [1.807, 2.05) is 24.3 Å². The van der Waals surface area contributed by atoms with Gasteiger partial charge in [0.05, 0.1) is 7.11 Å². The van der Waals surface area contributed by atoms with E-state index < -0.39 is 0 Å². The first-order chi connectivity index (χ1) is 13.5. The molecule has 2 aromatic carbocycles. The van der Waals surface area contributed by atoms with Crippen LogP contribution in [0, 0.1) is 5.82 Å². The van der Waals surface area contributed by atoms with Gasteiger partial charge in [0.1, 0.15) is 18.2 Å². The molecule has 5 nitrogen and oxygen atoms in total. The van der Waals surface area contributed by atoms with Crippen LogP contribution in [-0.2, 0) is 43.3 Å². The van der Waals surface area contributed by atoms with Gasteiger partial charge in [-0.3, -0.25) is 14.4 Å². The van der Waals surface area contributed by atoms with Crippen molar-refractivity contribution < 1.29 is 28.2 Å². The Kier molecular flexibility index (Phi) is 8.34. The van der Waals surface area contributed by atoms with E-state index in [0.29, 0.717) is 6.42 Å². The minimum absolute atomic E-state index is 0.0383. The summed E-state index contributed by atoms with van der Waals surface area (Å²) in [4.78, 5) is 34.8. The molecule has 0 atom stereocenters. The standard InChI is InChI=1S/C22H23FO5/c1-27-21(25)3-2-4-22(26)28-15-18-7-5-16(6-8-18)13-20(24)14-17-9-11-19(23)12-10-17/h5-12H,2-4,13-15H2,1H3. The number of halogens is 1. The third-order valence-electron chi connectivity index (χ3n) is 4.13. The molecule has 0 unspecified atom stereocenters. The van der Waals surface area contributed by atoms with Crippen molar-refractivity contribution in [2.24, 2.45) is 0 Å². The lowest BCUT2D eigenvalue weighted by atomic mass is 10.0. The van der Waals surface area contributed by atoms with Gasteiger partial charge in [-0.1, -0.05) is 36.4 Å². The molecule has 0 aromatic heterocycles. The van der Waals surface area contributed by atoms with Gasteiger partial charge in [-0.2, -0.15) is 0 Å². The largest absolute Gasteiger partial charge is 0.469 e. The molecule has 0 N–H and O–H groups in total. The Bertz CT molecular complexity index is 797. The summed E-state index contributed by atoms with van der Waals surface area (Å²) in [7, 11) is 1.31. The minimum atomic E-state index is -0.373. The molecule has 28 heavy (non-hydrogen) atoms. The highest BCUT2D eigenvalue weighted by molar-refractivity contribution is 5.83. The Hall–Kier alpha value is -3.02. The molecular weight excluding hydrogens is 363 g/mol. The number of rotatable bonds is 10. The molecule has 2 aromatic rings. The molecule has 0 saturated carbocycles. The summed E-state index contributed by atoms with van der Waals surface area (Å²) in [6.45, 7) is 0.140. The van der Waals surface area contributed by atoms with Crippen molar-refractivity contribution in [1.29, 1.82) is 0 Å². The van der Waals surface area contributed by atoms with Crippen LogP contribution in [0.4, 0.5) is 4.39 Å². The average Bonchev–Trinajstić information content (AvgIpc) is 2.69. The number of carbonyl (C=O) groups excluding carboxylic acids is 3. The predicted molar refractivity (Wildman–Crippen MR) is 101 cm³/mol. The van der Waals surface area contributed by atoms with Crippen LogP contribution in [0.5, 0.6) is 0 Å². The molecule has 0 saturated heterocycles. The zero-order valence-corrected chi connectivity index (χ0v) is 15.8. The normalized spacial score (nSPS) is 10.4. The van der Waals surface area contributed by atoms with Gasteiger partial charge >= 0.3 is 11.9 Å². The molecule has 0 aliphatic heterocycles. The Labute approximate surface area is 163 Å². The van der Waals surface area contributed by atoms with Gasteiger partial charge in [-0.15, -0.1) is 0 Å². The van der Waals surface area contributed by atoms with Crippen molar-refractivity contribution in [2.75, 3.05) is 7.11 Å². The third-order valence-corrected chi connectivity index (χ3v) is 4.13. The summed E-state index contributed by atoms with van der Waals surface area (Å²) in [5.74, 6) is -1.01. The van der Waals surface area contributed by atoms with E-state index in [1.165, 1.54) is 19.2 Å². The maximum absolute atomic E-state index is 12.9. The lowest BCUT2D eigenvalue weighted by molar-refractivity contribution is -0.145. The molecule has 0 aliphatic rings. The van der Waals surface area contributed by atoms with Crippen LogP contribution in [0.25, 0.3) is 0 Å². The first-order valence-electron chi connectivity index (χ1n) is 9.02. The van der Waals surface area contributed by atoms with E-state index in [2.05, 4.69) is 4.74 Å². The minimum Gasteiger partial charge on any atom is -0.469 e. The van der Waals surface area contributed by atoms with Crippen LogP contribution in [0.2, 0.25) is 0 Å². The molecule has 0 spiro atoms. The quantitative estimate of drug-likeness (QED) is 0.584. The Morgan fingerprint density at radius 1 is 0.786 bits per heavy atom. The zero-order valence-electron chi connectivity index (χ0n) is 15.8. The Morgan fingerprint density at radius 2 is 1.29 bits per heavy atom. The lowest BCUT2D eigenvalue weighted by Gasteiger charge is -2.06. The van der Waals surface area contributed by atoms with Crippen LogP contribution < -0.4 is 0 Å². The summed E-state index contributed by atoms with van der Waals surface area (Å²) >= 11 is 0. The summed E-state index contributed by atoms with van der Waals surface area (Å²) in [6, 6.07) is 13.2. The second-order valence-electron chi connectivity index (χ2n) is 6.43. The number of carbonyl (C=O) groups is 3. The van der Waals surface area contributed by atoms with E-state index in [-0.39, 0.29) is 55.8 Å². The number of esters is 2. The van der Waals surface area contributed by atoms with Gasteiger partial charge < -0.3 is 9.47 Å². The van der Waals surface area contributed by atoms with Gasteiger partial charge in [-0.25, -0.2) is 4.39 Å². The predicted octanol–water partition coefficient (Wildman–Crippen LogP) is 3.57. The number of benzene rings is 2. The van der Waals surface area contributed by atoms with Gasteiger partial charge in [0, 0.05) is 25.7 Å². The zero-order chi connectivity index (χ0) is 20.4. The van der Waals surface area contributed by atoms with Crippen LogP contribution in [-0.4, -0.2) is 24.8 Å². The summed E-state index contributed by atoms with van der Waals surface area (Å²) in [5.41, 5.74) is 2.46. The first-order valence-corrected chi connectivity index (χ1v) is 9.02. The SMILES string of the molecule is COC(=O)CCCC(=O)OCc1ccc(CC(=O)Cc2ccc(F)cc2)cc1. The second-order valence-corrected chi connectivity index (χ2v) is 6.43. The van der Waals surface area contributed by atoms with Gasteiger partial charge in [0.15, 0.2) is 0 Å². The van der Waals surface area contributed by atoms with E-state index in [1.54, 1.807) is 12.1 Å². The molecule has 0 heterocycles. The highest BCUT2D eigenvalue weighted by atomic mass is 19.1. The number of Topliss-reactive ketones (excluding diaryl/α,β-unsaturated/α-hetero) is 1. The molecule has 6 heteroatoms. The Morgan fingerprint density at radius 3 is 1.86 bits per heavy atom. The summed E-state index contributed by atoms with van der Waals surface area (Å²) < 4.78 is 22.6. The molecule has 2 rings (SSSR count). The molecule has 0 radical (unpaired) electrons. The number of methoxy groups -OCH3 is 1. The fourth-order valence-corrected chi connectivity index (χ4v) is 2.59. The highest BCUT2D eigenvalue weighted by Crippen LogP contribution is 2.10. The molecule has 0 fully saturated rings.